The van der Waals surface area contributed by atoms with Crippen LogP contribution in [0.3, 0.4) is 0 Å². The van der Waals surface area contributed by atoms with Crippen LogP contribution < -0.4 is 10.6 Å². The van der Waals surface area contributed by atoms with Crippen molar-refractivity contribution in [3.05, 3.63) is 11.6 Å². The van der Waals surface area contributed by atoms with Gasteiger partial charge in [0.25, 0.3) is 0 Å². The van der Waals surface area contributed by atoms with Gasteiger partial charge in [0.1, 0.15) is 6.04 Å². The minimum absolute atomic E-state index is 0.0435. The molecule has 0 aromatic heterocycles. The first-order valence-corrected chi connectivity index (χ1v) is 10.9. The van der Waals surface area contributed by atoms with Crippen LogP contribution in [0, 0.1) is 11.8 Å². The van der Waals surface area contributed by atoms with Crippen LogP contribution in [0.4, 0.5) is 0 Å². The van der Waals surface area contributed by atoms with E-state index in [4.69, 9.17) is 0 Å². The van der Waals surface area contributed by atoms with Crippen LogP contribution in [0.25, 0.3) is 0 Å². The number of nitrogens with zero attached hydrogens (tertiary/aromatic N) is 2. The summed E-state index contributed by atoms with van der Waals surface area (Å²) >= 11 is 0. The SMILES string of the molecule is CC(=C[C@H](C(C)C)N(C)C(=O)CNC=O)C(=O)N1CCC[C@H]1C(=O)N[C@@H](CO)C(C)C. The first-order chi connectivity index (χ1) is 14.5. The van der Waals surface area contributed by atoms with E-state index in [0.717, 1.165) is 6.42 Å². The van der Waals surface area contributed by atoms with Crippen molar-refractivity contribution in [3.63, 3.8) is 0 Å². The molecule has 176 valence electrons. The van der Waals surface area contributed by atoms with Gasteiger partial charge in [-0.3, -0.25) is 19.2 Å². The highest BCUT2D eigenvalue weighted by Crippen LogP contribution is 2.22. The van der Waals surface area contributed by atoms with Crippen LogP contribution >= 0.6 is 0 Å². The molecule has 0 aromatic carbocycles. The third-order valence-electron chi connectivity index (χ3n) is 5.76. The Labute approximate surface area is 185 Å². The van der Waals surface area contributed by atoms with E-state index in [-0.39, 0.29) is 54.8 Å². The largest absolute Gasteiger partial charge is 0.394 e. The molecule has 0 aromatic rings. The molecule has 0 saturated carbocycles. The quantitative estimate of drug-likeness (QED) is 0.316. The zero-order chi connectivity index (χ0) is 23.7. The fourth-order valence-electron chi connectivity index (χ4n) is 3.71. The first kappa shape index (κ1) is 26.6. The molecular formula is C22H38N4O5. The number of hydrogen-bond donors (Lipinski definition) is 3. The third-order valence-corrected chi connectivity index (χ3v) is 5.76. The van der Waals surface area contributed by atoms with Gasteiger partial charge in [-0.2, -0.15) is 0 Å². The lowest BCUT2D eigenvalue weighted by molar-refractivity contribution is -0.136. The fraction of sp³-hybridized carbons (Fsp3) is 0.727. The lowest BCUT2D eigenvalue weighted by Crippen LogP contribution is -2.51. The number of rotatable bonds is 11. The number of likely N-dealkylation sites (tertiary alicyclic amines) is 1. The Balaban J connectivity index is 2.96. The summed E-state index contributed by atoms with van der Waals surface area (Å²) in [5.41, 5.74) is 0.462. The van der Waals surface area contributed by atoms with Crippen molar-refractivity contribution in [1.82, 2.24) is 20.4 Å². The van der Waals surface area contributed by atoms with E-state index in [1.54, 1.807) is 24.9 Å². The van der Waals surface area contributed by atoms with Crippen LogP contribution in [-0.2, 0) is 19.2 Å². The number of carbonyl (C=O) groups excluding carboxylic acids is 4. The molecule has 0 unspecified atom stereocenters. The molecule has 1 aliphatic heterocycles. The summed E-state index contributed by atoms with van der Waals surface area (Å²) in [4.78, 5) is 51.7. The number of hydrogen-bond acceptors (Lipinski definition) is 5. The first-order valence-electron chi connectivity index (χ1n) is 10.9. The van der Waals surface area contributed by atoms with Gasteiger partial charge in [0, 0.05) is 19.2 Å². The predicted octanol–water partition coefficient (Wildman–Crippen LogP) is 0.286. The molecule has 9 heteroatoms. The van der Waals surface area contributed by atoms with Crippen LogP contribution in [0.15, 0.2) is 11.6 Å². The predicted molar refractivity (Wildman–Crippen MR) is 118 cm³/mol. The van der Waals surface area contributed by atoms with Gasteiger partial charge >= 0.3 is 0 Å². The van der Waals surface area contributed by atoms with Crippen molar-refractivity contribution < 1.29 is 24.3 Å². The van der Waals surface area contributed by atoms with Crippen molar-refractivity contribution in [2.24, 2.45) is 11.8 Å². The average Bonchev–Trinajstić information content (AvgIpc) is 3.22. The highest BCUT2D eigenvalue weighted by molar-refractivity contribution is 5.97. The Hall–Kier alpha value is -2.42. The molecule has 4 amide bonds. The molecule has 1 heterocycles. The van der Waals surface area contributed by atoms with Crippen LogP contribution in [0.1, 0.15) is 47.5 Å². The Morgan fingerprint density at radius 2 is 1.84 bits per heavy atom. The Morgan fingerprint density at radius 3 is 2.35 bits per heavy atom. The molecule has 0 bridgehead atoms. The van der Waals surface area contributed by atoms with Crippen molar-refractivity contribution in [2.45, 2.75) is 65.6 Å². The second-order valence-electron chi connectivity index (χ2n) is 8.79. The second kappa shape index (κ2) is 12.4. The molecular weight excluding hydrogens is 400 g/mol. The molecule has 31 heavy (non-hydrogen) atoms. The fourth-order valence-corrected chi connectivity index (χ4v) is 3.71. The van der Waals surface area contributed by atoms with E-state index < -0.39 is 6.04 Å². The van der Waals surface area contributed by atoms with E-state index >= 15 is 0 Å². The van der Waals surface area contributed by atoms with Gasteiger partial charge in [0.2, 0.25) is 24.1 Å². The summed E-state index contributed by atoms with van der Waals surface area (Å²) in [7, 11) is 1.64. The maximum absolute atomic E-state index is 13.1. The molecule has 0 aliphatic carbocycles. The highest BCUT2D eigenvalue weighted by atomic mass is 16.3. The highest BCUT2D eigenvalue weighted by Gasteiger charge is 2.36. The maximum Gasteiger partial charge on any atom is 0.249 e. The van der Waals surface area contributed by atoms with Crippen molar-refractivity contribution >= 4 is 24.1 Å². The minimum Gasteiger partial charge on any atom is -0.394 e. The Morgan fingerprint density at radius 1 is 1.19 bits per heavy atom. The van der Waals surface area contributed by atoms with E-state index in [0.29, 0.717) is 24.9 Å². The third kappa shape index (κ3) is 7.34. The van der Waals surface area contributed by atoms with Gasteiger partial charge in [-0.25, -0.2) is 0 Å². The topological polar surface area (TPSA) is 119 Å². The molecule has 3 N–H and O–H groups in total. The van der Waals surface area contributed by atoms with Gasteiger partial charge in [-0.05, 0) is 31.6 Å². The summed E-state index contributed by atoms with van der Waals surface area (Å²) in [5, 5.41) is 14.7. The number of aliphatic hydroxyl groups excluding tert-OH is 1. The van der Waals surface area contributed by atoms with Gasteiger partial charge < -0.3 is 25.5 Å². The molecule has 1 aliphatic rings. The average molecular weight is 439 g/mol. The molecule has 1 rings (SSSR count). The molecule has 0 spiro atoms. The standard InChI is InChI=1S/C22H38N4O5/c1-14(2)17(12-27)24-21(30)18-8-7-9-26(18)22(31)16(5)10-19(15(3)4)25(6)20(29)11-23-13-28/h10,13-15,17-19,27H,7-9,11-12H2,1-6H3,(H,23,28)(H,24,30)/t17-,18-,19+/m0/s1. The lowest BCUT2D eigenvalue weighted by Gasteiger charge is -2.31. The van der Waals surface area contributed by atoms with E-state index in [2.05, 4.69) is 10.6 Å². The van der Waals surface area contributed by atoms with Crippen molar-refractivity contribution in [2.75, 3.05) is 26.7 Å². The van der Waals surface area contributed by atoms with Gasteiger partial charge in [0.05, 0.1) is 25.2 Å². The maximum atomic E-state index is 13.1. The summed E-state index contributed by atoms with van der Waals surface area (Å²) in [6.07, 6.45) is 3.53. The van der Waals surface area contributed by atoms with Crippen molar-refractivity contribution in [3.8, 4) is 0 Å². The zero-order valence-corrected chi connectivity index (χ0v) is 19.6. The lowest BCUT2D eigenvalue weighted by atomic mass is 9.99. The monoisotopic (exact) mass is 438 g/mol. The zero-order valence-electron chi connectivity index (χ0n) is 19.6. The van der Waals surface area contributed by atoms with Gasteiger partial charge in [0.15, 0.2) is 0 Å². The Kier molecular flexibility index (Phi) is 10.7. The van der Waals surface area contributed by atoms with Crippen LogP contribution in [0.2, 0.25) is 0 Å². The number of carbonyl (C=O) groups is 4. The van der Waals surface area contributed by atoms with Crippen LogP contribution in [-0.4, -0.2) is 83.9 Å². The summed E-state index contributed by atoms with van der Waals surface area (Å²) in [5.74, 6) is -0.625. The molecule has 0 radical (unpaired) electrons. The minimum atomic E-state index is -0.572. The smallest absolute Gasteiger partial charge is 0.249 e. The second-order valence-corrected chi connectivity index (χ2v) is 8.79. The van der Waals surface area contributed by atoms with E-state index in [9.17, 15) is 24.3 Å². The molecule has 1 saturated heterocycles. The number of amides is 4. The number of nitrogens with one attached hydrogen (secondary N) is 2. The molecule has 9 nitrogen and oxygen atoms in total. The molecule has 1 fully saturated rings. The summed E-state index contributed by atoms with van der Waals surface area (Å²) < 4.78 is 0. The number of aliphatic hydroxyl groups is 1. The van der Waals surface area contributed by atoms with Gasteiger partial charge in [-0.15, -0.1) is 0 Å². The van der Waals surface area contributed by atoms with E-state index in [1.807, 2.05) is 27.7 Å². The number of likely N-dealkylation sites (N-methyl/N-ethyl adjacent to an activating group) is 1. The van der Waals surface area contributed by atoms with Crippen molar-refractivity contribution in [1.29, 1.82) is 0 Å². The normalized spacial score (nSPS) is 18.7. The Bertz CT molecular complexity index is 677. The van der Waals surface area contributed by atoms with Crippen LogP contribution in [0.5, 0.6) is 0 Å². The summed E-state index contributed by atoms with van der Waals surface area (Å²) in [6.45, 7) is 9.64. The molecule has 3 atom stereocenters. The van der Waals surface area contributed by atoms with E-state index in [1.165, 1.54) is 4.90 Å². The summed E-state index contributed by atoms with van der Waals surface area (Å²) in [6, 6.07) is -1.26. The van der Waals surface area contributed by atoms with Gasteiger partial charge in [-0.1, -0.05) is 33.8 Å².